The van der Waals surface area contributed by atoms with E-state index in [2.05, 4.69) is 21.2 Å². The number of para-hydroxylation sites is 1. The second-order valence-electron chi connectivity index (χ2n) is 2.75. The van der Waals surface area contributed by atoms with E-state index in [1.165, 1.54) is 0 Å². The van der Waals surface area contributed by atoms with Gasteiger partial charge >= 0.3 is 0 Å². The third-order valence-electron chi connectivity index (χ3n) is 1.67. The van der Waals surface area contributed by atoms with Crippen LogP contribution in [0.3, 0.4) is 0 Å². The predicted molar refractivity (Wildman–Crippen MR) is 56.4 cm³/mol. The van der Waals surface area contributed by atoms with Crippen LogP contribution in [0.2, 0.25) is 0 Å². The molecule has 1 atom stereocenters. The Kier molecular flexibility index (Phi) is 3.31. The Morgan fingerprint density at radius 2 is 2.15 bits per heavy atom. The molecule has 1 unspecified atom stereocenters. The van der Waals surface area contributed by atoms with Gasteiger partial charge in [0.15, 0.2) is 0 Å². The van der Waals surface area contributed by atoms with Crippen molar-refractivity contribution in [3.8, 4) is 0 Å². The normalized spacial score (nSPS) is 12.2. The van der Waals surface area contributed by atoms with Crippen molar-refractivity contribution >= 4 is 27.5 Å². The molecule has 0 aliphatic carbocycles. The molecule has 0 aliphatic rings. The van der Waals surface area contributed by atoms with E-state index in [-0.39, 0.29) is 11.9 Å². The van der Waals surface area contributed by atoms with Crippen molar-refractivity contribution in [1.29, 1.82) is 0 Å². The van der Waals surface area contributed by atoms with Gasteiger partial charge in [-0.15, -0.1) is 0 Å². The Bertz CT molecular complexity index is 314. The van der Waals surface area contributed by atoms with Crippen LogP contribution in [-0.2, 0) is 4.79 Å². The number of halogens is 1. The molecule has 1 aromatic rings. The van der Waals surface area contributed by atoms with Crippen molar-refractivity contribution in [1.82, 2.24) is 0 Å². The molecule has 0 fully saturated rings. The van der Waals surface area contributed by atoms with Crippen LogP contribution in [0.1, 0.15) is 6.92 Å². The minimum absolute atomic E-state index is 0.362. The molecular weight excluding hydrogens is 232 g/mol. The quantitative estimate of drug-likeness (QED) is 0.849. The van der Waals surface area contributed by atoms with Gasteiger partial charge in [0.25, 0.3) is 0 Å². The summed E-state index contributed by atoms with van der Waals surface area (Å²) in [7, 11) is 0. The Morgan fingerprint density at radius 3 is 2.69 bits per heavy atom. The number of carbonyl (C=O) groups excluding carboxylic acids is 1. The van der Waals surface area contributed by atoms with E-state index in [9.17, 15) is 4.79 Å². The van der Waals surface area contributed by atoms with Crippen LogP contribution in [0.4, 0.5) is 5.69 Å². The maximum absolute atomic E-state index is 10.8. The van der Waals surface area contributed by atoms with E-state index in [0.717, 1.165) is 10.2 Å². The minimum atomic E-state index is -0.365. The molecule has 0 radical (unpaired) electrons. The first-order chi connectivity index (χ1) is 6.11. The minimum Gasteiger partial charge on any atom is -0.373 e. The largest absolute Gasteiger partial charge is 0.373 e. The van der Waals surface area contributed by atoms with E-state index in [0.29, 0.717) is 0 Å². The van der Waals surface area contributed by atoms with Gasteiger partial charge in [0.05, 0.1) is 0 Å². The molecular formula is C9H11BrN2O. The van der Waals surface area contributed by atoms with Crippen LogP contribution in [0.5, 0.6) is 0 Å². The van der Waals surface area contributed by atoms with Gasteiger partial charge in [0, 0.05) is 10.2 Å². The van der Waals surface area contributed by atoms with Crippen LogP contribution in [0, 0.1) is 0 Å². The fraction of sp³-hybridized carbons (Fsp3) is 0.222. The molecule has 0 bridgehead atoms. The lowest BCUT2D eigenvalue weighted by molar-refractivity contribution is -0.118. The zero-order valence-electron chi connectivity index (χ0n) is 7.25. The summed E-state index contributed by atoms with van der Waals surface area (Å²) >= 11 is 3.36. The molecule has 0 saturated carbocycles. The number of carbonyl (C=O) groups is 1. The van der Waals surface area contributed by atoms with Crippen molar-refractivity contribution in [2.75, 3.05) is 5.32 Å². The topological polar surface area (TPSA) is 55.1 Å². The molecule has 0 aromatic heterocycles. The maximum Gasteiger partial charge on any atom is 0.239 e. The number of benzene rings is 1. The highest BCUT2D eigenvalue weighted by molar-refractivity contribution is 9.10. The lowest BCUT2D eigenvalue weighted by Crippen LogP contribution is -2.32. The van der Waals surface area contributed by atoms with Gasteiger partial charge < -0.3 is 11.1 Å². The van der Waals surface area contributed by atoms with Crippen molar-refractivity contribution in [3.63, 3.8) is 0 Å². The van der Waals surface area contributed by atoms with Crippen LogP contribution < -0.4 is 11.1 Å². The molecule has 1 amide bonds. The number of anilines is 1. The highest BCUT2D eigenvalue weighted by atomic mass is 79.9. The zero-order valence-corrected chi connectivity index (χ0v) is 8.84. The van der Waals surface area contributed by atoms with Crippen molar-refractivity contribution in [3.05, 3.63) is 28.7 Å². The number of primary amides is 1. The first kappa shape index (κ1) is 10.1. The second-order valence-corrected chi connectivity index (χ2v) is 3.60. The molecule has 1 rings (SSSR count). The lowest BCUT2D eigenvalue weighted by atomic mass is 10.2. The molecule has 70 valence electrons. The Labute approximate surface area is 85.4 Å². The average Bonchev–Trinajstić information content (AvgIpc) is 2.08. The standard InChI is InChI=1S/C9H11BrN2O/c1-6(9(11)13)12-8-5-3-2-4-7(8)10/h2-6,12H,1H3,(H2,11,13). The fourth-order valence-electron chi connectivity index (χ4n) is 0.883. The summed E-state index contributed by atoms with van der Waals surface area (Å²) in [5.41, 5.74) is 5.99. The Hall–Kier alpha value is -1.03. The number of hydrogen-bond acceptors (Lipinski definition) is 2. The molecule has 4 heteroatoms. The number of amides is 1. The molecule has 1 aromatic carbocycles. The number of nitrogens with one attached hydrogen (secondary N) is 1. The highest BCUT2D eigenvalue weighted by Gasteiger charge is 2.08. The average molecular weight is 243 g/mol. The highest BCUT2D eigenvalue weighted by Crippen LogP contribution is 2.21. The van der Waals surface area contributed by atoms with Crippen LogP contribution in [-0.4, -0.2) is 11.9 Å². The van der Waals surface area contributed by atoms with Crippen LogP contribution in [0.15, 0.2) is 28.7 Å². The van der Waals surface area contributed by atoms with E-state index >= 15 is 0 Å². The van der Waals surface area contributed by atoms with E-state index < -0.39 is 0 Å². The number of nitrogens with two attached hydrogens (primary N) is 1. The third kappa shape index (κ3) is 2.73. The van der Waals surface area contributed by atoms with Gasteiger partial charge in [-0.1, -0.05) is 12.1 Å². The molecule has 13 heavy (non-hydrogen) atoms. The smallest absolute Gasteiger partial charge is 0.239 e. The summed E-state index contributed by atoms with van der Waals surface area (Å²) in [6.45, 7) is 1.72. The van der Waals surface area contributed by atoms with E-state index in [1.807, 2.05) is 24.3 Å². The molecule has 0 spiro atoms. The maximum atomic E-state index is 10.8. The number of hydrogen-bond donors (Lipinski definition) is 2. The van der Waals surface area contributed by atoms with Crippen molar-refractivity contribution < 1.29 is 4.79 Å². The molecule has 3 nitrogen and oxygen atoms in total. The fourth-order valence-corrected chi connectivity index (χ4v) is 1.28. The molecule has 0 heterocycles. The van der Waals surface area contributed by atoms with Crippen LogP contribution in [0.25, 0.3) is 0 Å². The predicted octanol–water partition coefficient (Wildman–Crippen LogP) is 1.73. The SMILES string of the molecule is CC(Nc1ccccc1Br)C(N)=O. The first-order valence-corrected chi connectivity index (χ1v) is 4.71. The molecule has 0 aliphatic heterocycles. The number of rotatable bonds is 3. The van der Waals surface area contributed by atoms with Gasteiger partial charge in [0.1, 0.15) is 6.04 Å². The Morgan fingerprint density at radius 1 is 1.54 bits per heavy atom. The lowest BCUT2D eigenvalue weighted by Gasteiger charge is -2.12. The summed E-state index contributed by atoms with van der Waals surface area (Å²) in [6, 6.07) is 7.21. The van der Waals surface area contributed by atoms with Gasteiger partial charge in [0.2, 0.25) is 5.91 Å². The second kappa shape index (κ2) is 4.28. The van der Waals surface area contributed by atoms with Gasteiger partial charge in [-0.3, -0.25) is 4.79 Å². The van der Waals surface area contributed by atoms with E-state index in [4.69, 9.17) is 5.73 Å². The summed E-state index contributed by atoms with van der Waals surface area (Å²) < 4.78 is 0.920. The van der Waals surface area contributed by atoms with Gasteiger partial charge in [-0.05, 0) is 35.0 Å². The summed E-state index contributed by atoms with van der Waals surface area (Å²) in [5, 5.41) is 2.99. The van der Waals surface area contributed by atoms with E-state index in [1.54, 1.807) is 6.92 Å². The molecule has 3 N–H and O–H groups in total. The third-order valence-corrected chi connectivity index (χ3v) is 2.36. The Balaban J connectivity index is 2.74. The first-order valence-electron chi connectivity index (χ1n) is 3.91. The summed E-state index contributed by atoms with van der Waals surface area (Å²) in [4.78, 5) is 10.8. The monoisotopic (exact) mass is 242 g/mol. The van der Waals surface area contributed by atoms with Gasteiger partial charge in [-0.2, -0.15) is 0 Å². The summed E-state index contributed by atoms with van der Waals surface area (Å²) in [5.74, 6) is -0.365. The zero-order chi connectivity index (χ0) is 9.84. The molecule has 0 saturated heterocycles. The van der Waals surface area contributed by atoms with Crippen molar-refractivity contribution in [2.24, 2.45) is 5.73 Å². The van der Waals surface area contributed by atoms with Crippen molar-refractivity contribution in [2.45, 2.75) is 13.0 Å². The van der Waals surface area contributed by atoms with Crippen LogP contribution >= 0.6 is 15.9 Å². The summed E-state index contributed by atoms with van der Waals surface area (Å²) in [6.07, 6.45) is 0. The van der Waals surface area contributed by atoms with Gasteiger partial charge in [-0.25, -0.2) is 0 Å².